The van der Waals surface area contributed by atoms with Crippen LogP contribution in [0.3, 0.4) is 0 Å². The lowest BCUT2D eigenvalue weighted by Crippen LogP contribution is -1.93. The third-order valence-electron chi connectivity index (χ3n) is 2.62. The molecule has 14 heavy (non-hydrogen) atoms. The minimum atomic E-state index is -0.165. The molecule has 1 aromatic rings. The lowest BCUT2D eigenvalue weighted by molar-refractivity contribution is 0.619. The number of hydrogen-bond donors (Lipinski definition) is 0. The molecule has 1 aliphatic rings. The molecule has 0 radical (unpaired) electrons. The van der Waals surface area contributed by atoms with Gasteiger partial charge < -0.3 is 0 Å². The molecule has 0 nitrogen and oxygen atoms in total. The number of fused-ring (bicyclic) bond motifs is 1. The predicted octanol–water partition coefficient (Wildman–Crippen LogP) is 4.18. The van der Waals surface area contributed by atoms with Gasteiger partial charge in [-0.3, -0.25) is 0 Å². The summed E-state index contributed by atoms with van der Waals surface area (Å²) < 4.78 is 13.8. The van der Waals surface area contributed by atoms with Crippen LogP contribution in [-0.4, -0.2) is 0 Å². The first-order valence-electron chi connectivity index (χ1n) is 4.78. The molecular formula is C12H12BrF. The number of rotatable bonds is 1. The maximum Gasteiger partial charge on any atom is 0.137 e. The van der Waals surface area contributed by atoms with E-state index in [4.69, 9.17) is 0 Å². The smallest absolute Gasteiger partial charge is 0.137 e. The topological polar surface area (TPSA) is 0 Å². The van der Waals surface area contributed by atoms with Gasteiger partial charge in [0, 0.05) is 0 Å². The van der Waals surface area contributed by atoms with Crippen LogP contribution in [0.4, 0.5) is 4.39 Å². The van der Waals surface area contributed by atoms with Crippen LogP contribution in [0.25, 0.3) is 5.57 Å². The molecule has 74 valence electrons. The highest BCUT2D eigenvalue weighted by Gasteiger charge is 2.18. The lowest BCUT2D eigenvalue weighted by atomic mass is 9.97. The summed E-state index contributed by atoms with van der Waals surface area (Å²) in [5, 5.41) is 0. The molecule has 0 fully saturated rings. The highest BCUT2D eigenvalue weighted by atomic mass is 79.9. The van der Waals surface area contributed by atoms with Crippen LogP contribution in [0.2, 0.25) is 0 Å². The number of benzene rings is 1. The highest BCUT2D eigenvalue weighted by molar-refractivity contribution is 9.10. The minimum Gasteiger partial charge on any atom is -0.206 e. The molecule has 2 rings (SSSR count). The van der Waals surface area contributed by atoms with Crippen molar-refractivity contribution in [2.45, 2.75) is 20.3 Å². The Morgan fingerprint density at radius 2 is 2.07 bits per heavy atom. The van der Waals surface area contributed by atoms with Crippen molar-refractivity contribution in [2.24, 2.45) is 5.92 Å². The summed E-state index contributed by atoms with van der Waals surface area (Å²) in [5.74, 6) is 0.343. The van der Waals surface area contributed by atoms with E-state index >= 15 is 0 Å². The lowest BCUT2D eigenvalue weighted by Gasteiger charge is -2.10. The van der Waals surface area contributed by atoms with Crippen LogP contribution in [0.5, 0.6) is 0 Å². The number of hydrogen-bond acceptors (Lipinski definition) is 0. The number of halogens is 2. The van der Waals surface area contributed by atoms with Crippen molar-refractivity contribution >= 4 is 21.5 Å². The second-order valence-corrected chi connectivity index (χ2v) is 4.80. The van der Waals surface area contributed by atoms with E-state index in [0.29, 0.717) is 10.4 Å². The van der Waals surface area contributed by atoms with Gasteiger partial charge in [0.05, 0.1) is 4.47 Å². The Balaban J connectivity index is 2.51. The monoisotopic (exact) mass is 254 g/mol. The Kier molecular flexibility index (Phi) is 2.48. The van der Waals surface area contributed by atoms with Crippen LogP contribution < -0.4 is 0 Å². The SMILES string of the molecule is CC(C)C1=CCc2cc(F)c(Br)cc21. The molecule has 0 heterocycles. The summed E-state index contributed by atoms with van der Waals surface area (Å²) in [6, 6.07) is 3.52. The van der Waals surface area contributed by atoms with Crippen molar-refractivity contribution in [1.29, 1.82) is 0 Å². The largest absolute Gasteiger partial charge is 0.206 e. The molecule has 0 aromatic heterocycles. The van der Waals surface area contributed by atoms with Gasteiger partial charge in [-0.1, -0.05) is 19.9 Å². The first-order chi connectivity index (χ1) is 6.59. The van der Waals surface area contributed by atoms with Gasteiger partial charge in [0.15, 0.2) is 0 Å². The average Bonchev–Trinajstić information content (AvgIpc) is 2.48. The first kappa shape index (κ1) is 9.91. The van der Waals surface area contributed by atoms with Gasteiger partial charge >= 0.3 is 0 Å². The third kappa shape index (κ3) is 1.52. The van der Waals surface area contributed by atoms with E-state index in [1.807, 2.05) is 6.07 Å². The Hall–Kier alpha value is -0.630. The molecule has 0 N–H and O–H groups in total. The van der Waals surface area contributed by atoms with Gasteiger partial charge in [0.2, 0.25) is 0 Å². The Morgan fingerprint density at radius 1 is 1.36 bits per heavy atom. The predicted molar refractivity (Wildman–Crippen MR) is 60.6 cm³/mol. The van der Waals surface area contributed by atoms with Gasteiger partial charge in [-0.25, -0.2) is 4.39 Å². The zero-order valence-corrected chi connectivity index (χ0v) is 9.86. The Bertz CT molecular complexity index is 405. The van der Waals surface area contributed by atoms with Crippen molar-refractivity contribution in [3.8, 4) is 0 Å². The molecule has 0 spiro atoms. The normalized spacial score (nSPS) is 14.5. The third-order valence-corrected chi connectivity index (χ3v) is 3.23. The van der Waals surface area contributed by atoms with E-state index in [2.05, 4.69) is 35.9 Å². The molecule has 0 aliphatic heterocycles. The summed E-state index contributed by atoms with van der Waals surface area (Å²) in [5.41, 5.74) is 3.64. The molecule has 1 aliphatic carbocycles. The second kappa shape index (κ2) is 3.50. The van der Waals surface area contributed by atoms with Crippen LogP contribution in [-0.2, 0) is 6.42 Å². The standard InChI is InChI=1S/C12H12BrF/c1-7(2)9-4-3-8-5-12(14)11(13)6-10(8)9/h4-7H,3H2,1-2H3. The molecule has 1 aromatic carbocycles. The van der Waals surface area contributed by atoms with E-state index in [0.717, 1.165) is 12.0 Å². The molecule has 0 atom stereocenters. The Labute approximate surface area is 92.0 Å². The summed E-state index contributed by atoms with van der Waals surface area (Å²) >= 11 is 3.22. The minimum absolute atomic E-state index is 0.165. The van der Waals surface area contributed by atoms with E-state index in [-0.39, 0.29) is 5.82 Å². The molecule has 0 amide bonds. The van der Waals surface area contributed by atoms with E-state index < -0.39 is 0 Å². The van der Waals surface area contributed by atoms with Crippen molar-refractivity contribution in [2.75, 3.05) is 0 Å². The quantitative estimate of drug-likeness (QED) is 0.706. The van der Waals surface area contributed by atoms with Gasteiger partial charge in [-0.2, -0.15) is 0 Å². The molecule has 0 unspecified atom stereocenters. The van der Waals surface area contributed by atoms with Crippen molar-refractivity contribution in [3.05, 3.63) is 39.6 Å². The van der Waals surface area contributed by atoms with Crippen molar-refractivity contribution in [3.63, 3.8) is 0 Å². The summed E-state index contributed by atoms with van der Waals surface area (Å²) in [6.45, 7) is 4.33. The van der Waals surface area contributed by atoms with Crippen molar-refractivity contribution < 1.29 is 4.39 Å². The molecule has 2 heteroatoms. The molecular weight excluding hydrogens is 243 g/mol. The molecule has 0 bridgehead atoms. The fraction of sp³-hybridized carbons (Fsp3) is 0.333. The fourth-order valence-electron chi connectivity index (χ4n) is 1.90. The van der Waals surface area contributed by atoms with E-state index in [1.165, 1.54) is 11.1 Å². The van der Waals surface area contributed by atoms with Crippen LogP contribution in [0.15, 0.2) is 22.7 Å². The van der Waals surface area contributed by atoms with Gasteiger partial charge in [0.1, 0.15) is 5.82 Å². The van der Waals surface area contributed by atoms with Crippen LogP contribution in [0.1, 0.15) is 25.0 Å². The number of allylic oxidation sites excluding steroid dienone is 2. The highest BCUT2D eigenvalue weighted by Crippen LogP contribution is 2.35. The zero-order chi connectivity index (χ0) is 10.3. The van der Waals surface area contributed by atoms with Crippen LogP contribution in [0, 0.1) is 11.7 Å². The maximum absolute atomic E-state index is 13.2. The van der Waals surface area contributed by atoms with E-state index in [1.54, 1.807) is 6.07 Å². The van der Waals surface area contributed by atoms with Crippen molar-refractivity contribution in [1.82, 2.24) is 0 Å². The summed E-state index contributed by atoms with van der Waals surface area (Å²) in [7, 11) is 0. The van der Waals surface area contributed by atoms with Crippen LogP contribution >= 0.6 is 15.9 Å². The van der Waals surface area contributed by atoms with E-state index in [9.17, 15) is 4.39 Å². The van der Waals surface area contributed by atoms with Gasteiger partial charge in [-0.05, 0) is 57.1 Å². The van der Waals surface area contributed by atoms with Gasteiger partial charge in [0.25, 0.3) is 0 Å². The average molecular weight is 255 g/mol. The zero-order valence-electron chi connectivity index (χ0n) is 8.27. The van der Waals surface area contributed by atoms with Gasteiger partial charge in [-0.15, -0.1) is 0 Å². The summed E-state index contributed by atoms with van der Waals surface area (Å²) in [4.78, 5) is 0. The second-order valence-electron chi connectivity index (χ2n) is 3.94. The maximum atomic E-state index is 13.2. The molecule has 0 saturated carbocycles. The molecule has 0 saturated heterocycles. The summed E-state index contributed by atoms with van der Waals surface area (Å²) in [6.07, 6.45) is 3.06. The Morgan fingerprint density at radius 3 is 2.71 bits per heavy atom. The first-order valence-corrected chi connectivity index (χ1v) is 5.57. The fourth-order valence-corrected chi connectivity index (χ4v) is 2.25.